The second-order valence-corrected chi connectivity index (χ2v) is 7.53. The Morgan fingerprint density at radius 2 is 2.36 bits per heavy atom. The van der Waals surface area contributed by atoms with Crippen LogP contribution in [-0.2, 0) is 12.8 Å². The van der Waals surface area contributed by atoms with E-state index in [1.165, 1.54) is 22.4 Å². The number of hydrogen-bond donors (Lipinski definition) is 1. The predicted octanol–water partition coefficient (Wildman–Crippen LogP) is 4.15. The molecule has 2 aromatic rings. The minimum atomic E-state index is -0.239. The zero-order valence-corrected chi connectivity index (χ0v) is 14.4. The fourth-order valence-electron chi connectivity index (χ4n) is 2.67. The Morgan fingerprint density at radius 3 is 3.09 bits per heavy atom. The molecule has 0 radical (unpaired) electrons. The second-order valence-electron chi connectivity index (χ2n) is 5.51. The molecule has 0 unspecified atom stereocenters. The van der Waals surface area contributed by atoms with Crippen molar-refractivity contribution in [2.45, 2.75) is 26.2 Å². The number of fused-ring (bicyclic) bond motifs is 1. The van der Waals surface area contributed by atoms with E-state index in [4.69, 9.17) is 0 Å². The molecule has 1 aliphatic rings. The van der Waals surface area contributed by atoms with Crippen LogP contribution in [0.5, 0.6) is 0 Å². The summed E-state index contributed by atoms with van der Waals surface area (Å²) in [5, 5.41) is 13.0. The molecule has 2 aromatic heterocycles. The van der Waals surface area contributed by atoms with Crippen molar-refractivity contribution in [2.24, 2.45) is 5.92 Å². The Bertz CT molecular complexity index is 778. The summed E-state index contributed by atoms with van der Waals surface area (Å²) < 4.78 is 0.750. The molecule has 0 fully saturated rings. The Hall–Kier alpha value is -1.71. The van der Waals surface area contributed by atoms with E-state index in [2.05, 4.69) is 39.2 Å². The number of aromatic nitrogens is 1. The fourth-order valence-corrected chi connectivity index (χ4v) is 4.39. The van der Waals surface area contributed by atoms with E-state index in [0.717, 1.165) is 29.3 Å². The van der Waals surface area contributed by atoms with Crippen molar-refractivity contribution < 1.29 is 4.79 Å². The molecule has 6 heteroatoms. The minimum Gasteiger partial charge on any atom is -0.312 e. The van der Waals surface area contributed by atoms with Crippen molar-refractivity contribution >= 4 is 38.2 Å². The summed E-state index contributed by atoms with van der Waals surface area (Å²) in [5.74, 6) is 0.396. The van der Waals surface area contributed by atoms with Gasteiger partial charge in [-0.3, -0.25) is 9.78 Å². The number of hydrogen-bond acceptors (Lipinski definition) is 4. The quantitative estimate of drug-likeness (QED) is 0.856. The third-order valence-corrected chi connectivity index (χ3v) is 5.42. The van der Waals surface area contributed by atoms with E-state index in [0.29, 0.717) is 22.0 Å². The largest absolute Gasteiger partial charge is 0.312 e. The average Bonchev–Trinajstić information content (AvgIpc) is 2.83. The zero-order valence-electron chi connectivity index (χ0n) is 12.0. The smallest absolute Gasteiger partial charge is 0.257 e. The van der Waals surface area contributed by atoms with Gasteiger partial charge in [-0.25, -0.2) is 0 Å². The monoisotopic (exact) mass is 375 g/mol. The molecule has 0 spiro atoms. The molecule has 0 saturated heterocycles. The summed E-state index contributed by atoms with van der Waals surface area (Å²) in [5.41, 5.74) is 2.22. The highest BCUT2D eigenvalue weighted by Gasteiger charge is 2.24. The number of thiophene rings is 1. The maximum absolute atomic E-state index is 12.3. The van der Waals surface area contributed by atoms with E-state index in [9.17, 15) is 10.1 Å². The molecule has 0 saturated carbocycles. The highest BCUT2D eigenvalue weighted by Crippen LogP contribution is 2.39. The maximum atomic E-state index is 12.3. The molecule has 1 aliphatic carbocycles. The fraction of sp³-hybridized carbons (Fsp3) is 0.312. The van der Waals surface area contributed by atoms with Gasteiger partial charge in [0.05, 0.1) is 11.1 Å². The number of rotatable bonds is 2. The van der Waals surface area contributed by atoms with E-state index in [1.54, 1.807) is 12.3 Å². The normalized spacial score (nSPS) is 16.7. The lowest BCUT2D eigenvalue weighted by atomic mass is 9.88. The van der Waals surface area contributed by atoms with Crippen LogP contribution in [0.3, 0.4) is 0 Å². The standard InChI is InChI=1S/C16H14BrN3OS/c1-9-2-3-12-13(6-18)16(22-14(12)4-9)20-15(21)10-5-11(17)8-19-7-10/h5,7-9H,2-4H2,1H3,(H,20,21)/t9-/m0/s1. The summed E-state index contributed by atoms with van der Waals surface area (Å²) in [6.45, 7) is 2.22. The van der Waals surface area contributed by atoms with Gasteiger partial charge in [-0.15, -0.1) is 11.3 Å². The van der Waals surface area contributed by atoms with Gasteiger partial charge >= 0.3 is 0 Å². The first kappa shape index (κ1) is 15.2. The highest BCUT2D eigenvalue weighted by molar-refractivity contribution is 9.10. The van der Waals surface area contributed by atoms with Crippen LogP contribution in [0.4, 0.5) is 5.00 Å². The molecule has 1 N–H and O–H groups in total. The summed E-state index contributed by atoms with van der Waals surface area (Å²) in [6, 6.07) is 3.97. The van der Waals surface area contributed by atoms with Gasteiger partial charge in [0.25, 0.3) is 5.91 Å². The predicted molar refractivity (Wildman–Crippen MR) is 90.1 cm³/mol. The van der Waals surface area contributed by atoms with Gasteiger partial charge in [0.1, 0.15) is 11.1 Å². The third kappa shape index (κ3) is 2.92. The molecule has 112 valence electrons. The van der Waals surface area contributed by atoms with Gasteiger partial charge in [0.15, 0.2) is 0 Å². The molecule has 4 nitrogen and oxygen atoms in total. The van der Waals surface area contributed by atoms with Crippen LogP contribution in [0, 0.1) is 17.2 Å². The maximum Gasteiger partial charge on any atom is 0.257 e. The van der Waals surface area contributed by atoms with Gasteiger partial charge in [-0.1, -0.05) is 6.92 Å². The van der Waals surface area contributed by atoms with Crippen LogP contribution < -0.4 is 5.32 Å². The third-order valence-electron chi connectivity index (χ3n) is 3.82. The Kier molecular flexibility index (Phi) is 4.27. The van der Waals surface area contributed by atoms with E-state index >= 15 is 0 Å². The van der Waals surface area contributed by atoms with Crippen LogP contribution in [0.2, 0.25) is 0 Å². The average molecular weight is 376 g/mol. The van der Waals surface area contributed by atoms with Crippen molar-refractivity contribution in [3.8, 4) is 6.07 Å². The van der Waals surface area contributed by atoms with E-state index in [1.807, 2.05) is 0 Å². The lowest BCUT2D eigenvalue weighted by Crippen LogP contribution is -2.12. The van der Waals surface area contributed by atoms with Gasteiger partial charge in [0.2, 0.25) is 0 Å². The number of anilines is 1. The molecule has 1 atom stereocenters. The minimum absolute atomic E-state index is 0.239. The van der Waals surface area contributed by atoms with Gasteiger partial charge in [0, 0.05) is 21.7 Å². The number of carbonyl (C=O) groups excluding carboxylic acids is 1. The van der Waals surface area contributed by atoms with Gasteiger partial charge in [-0.2, -0.15) is 5.26 Å². The summed E-state index contributed by atoms with van der Waals surface area (Å²) in [6.07, 6.45) is 6.15. The van der Waals surface area contributed by atoms with E-state index in [-0.39, 0.29) is 5.91 Å². The first-order valence-electron chi connectivity index (χ1n) is 7.05. The first-order valence-corrected chi connectivity index (χ1v) is 8.66. The molecule has 1 amide bonds. The van der Waals surface area contributed by atoms with Gasteiger partial charge < -0.3 is 5.32 Å². The van der Waals surface area contributed by atoms with Crippen LogP contribution in [0.15, 0.2) is 22.9 Å². The van der Waals surface area contributed by atoms with Crippen molar-refractivity contribution in [3.63, 3.8) is 0 Å². The van der Waals surface area contributed by atoms with Crippen molar-refractivity contribution in [1.29, 1.82) is 5.26 Å². The van der Waals surface area contributed by atoms with Crippen molar-refractivity contribution in [1.82, 2.24) is 4.98 Å². The molecule has 0 bridgehead atoms. The number of pyridine rings is 1. The van der Waals surface area contributed by atoms with Crippen LogP contribution in [0.25, 0.3) is 0 Å². The lowest BCUT2D eigenvalue weighted by molar-refractivity contribution is 0.102. The molecular formula is C16H14BrN3OS. The van der Waals surface area contributed by atoms with Crippen LogP contribution in [0.1, 0.15) is 39.7 Å². The molecule has 0 aliphatic heterocycles. The number of halogens is 1. The number of nitrogens with zero attached hydrogens (tertiary/aromatic N) is 2. The Morgan fingerprint density at radius 1 is 1.55 bits per heavy atom. The van der Waals surface area contributed by atoms with Crippen molar-refractivity contribution in [3.05, 3.63) is 44.5 Å². The van der Waals surface area contributed by atoms with E-state index < -0.39 is 0 Å². The molecule has 22 heavy (non-hydrogen) atoms. The SMILES string of the molecule is C[C@H]1CCc2c(sc(NC(=O)c3cncc(Br)c3)c2C#N)C1. The van der Waals surface area contributed by atoms with Crippen molar-refractivity contribution in [2.75, 3.05) is 5.32 Å². The first-order chi connectivity index (χ1) is 10.6. The zero-order chi connectivity index (χ0) is 15.7. The molecule has 3 rings (SSSR count). The van der Waals surface area contributed by atoms with Crippen LogP contribution in [-0.4, -0.2) is 10.9 Å². The number of carbonyl (C=O) groups is 1. The number of amides is 1. The van der Waals surface area contributed by atoms with Gasteiger partial charge in [-0.05, 0) is 52.7 Å². The number of nitriles is 1. The Labute approximate surface area is 141 Å². The number of nitrogens with one attached hydrogen (secondary N) is 1. The molecule has 2 heterocycles. The Balaban J connectivity index is 1.90. The topological polar surface area (TPSA) is 65.8 Å². The summed E-state index contributed by atoms with van der Waals surface area (Å²) >= 11 is 4.84. The summed E-state index contributed by atoms with van der Waals surface area (Å²) in [7, 11) is 0. The summed E-state index contributed by atoms with van der Waals surface area (Å²) in [4.78, 5) is 17.6. The lowest BCUT2D eigenvalue weighted by Gasteiger charge is -2.17. The second kappa shape index (κ2) is 6.19. The molecule has 0 aromatic carbocycles. The molecular weight excluding hydrogens is 362 g/mol. The van der Waals surface area contributed by atoms with Crippen LogP contribution >= 0.6 is 27.3 Å². The highest BCUT2D eigenvalue weighted by atomic mass is 79.9.